The van der Waals surface area contributed by atoms with Crippen LogP contribution in [0.2, 0.25) is 0 Å². The molecule has 1 aliphatic rings. The van der Waals surface area contributed by atoms with Gasteiger partial charge in [0.25, 0.3) is 0 Å². The van der Waals surface area contributed by atoms with E-state index in [0.29, 0.717) is 11.7 Å². The molecule has 2 aromatic heterocycles. The fourth-order valence-corrected chi connectivity index (χ4v) is 2.68. The van der Waals surface area contributed by atoms with Gasteiger partial charge in [-0.15, -0.1) is 0 Å². The van der Waals surface area contributed by atoms with E-state index in [9.17, 15) is 9.18 Å². The average Bonchev–Trinajstić information content (AvgIpc) is 3.09. The highest BCUT2D eigenvalue weighted by molar-refractivity contribution is 5.95. The minimum absolute atomic E-state index is 0.0909. The molecule has 0 aliphatic heterocycles. The van der Waals surface area contributed by atoms with Gasteiger partial charge in [-0.1, -0.05) is 12.8 Å². The van der Waals surface area contributed by atoms with Gasteiger partial charge in [0.15, 0.2) is 11.6 Å². The van der Waals surface area contributed by atoms with E-state index in [4.69, 9.17) is 0 Å². The predicted octanol–water partition coefficient (Wildman–Crippen LogP) is 2.96. The molecule has 0 amide bonds. The van der Waals surface area contributed by atoms with Crippen LogP contribution in [0.1, 0.15) is 47.9 Å². The Labute approximate surface area is 116 Å². The summed E-state index contributed by atoms with van der Waals surface area (Å²) in [5, 5.41) is 4.43. The summed E-state index contributed by atoms with van der Waals surface area (Å²) in [6, 6.07) is 5.00. The van der Waals surface area contributed by atoms with Gasteiger partial charge in [-0.2, -0.15) is 5.10 Å². The van der Waals surface area contributed by atoms with Crippen molar-refractivity contribution in [1.29, 1.82) is 0 Å². The molecule has 0 radical (unpaired) electrons. The SMILES string of the molecule is O=C(Cc1ccn(C2CCCC2)n1)c1ncccc1F. The van der Waals surface area contributed by atoms with Crippen molar-refractivity contribution in [3.63, 3.8) is 0 Å². The molecule has 0 saturated heterocycles. The average molecular weight is 273 g/mol. The Balaban J connectivity index is 1.72. The fraction of sp³-hybridized carbons (Fsp3) is 0.400. The molecule has 104 valence electrons. The van der Waals surface area contributed by atoms with Gasteiger partial charge in [-0.05, 0) is 31.0 Å². The smallest absolute Gasteiger partial charge is 0.190 e. The Morgan fingerprint density at radius 2 is 2.15 bits per heavy atom. The minimum Gasteiger partial charge on any atom is -0.292 e. The zero-order valence-electron chi connectivity index (χ0n) is 11.1. The third kappa shape index (κ3) is 2.61. The van der Waals surface area contributed by atoms with E-state index >= 15 is 0 Å². The van der Waals surface area contributed by atoms with E-state index in [2.05, 4.69) is 10.1 Å². The molecule has 3 rings (SSSR count). The van der Waals surface area contributed by atoms with E-state index in [1.165, 1.54) is 31.2 Å². The van der Waals surface area contributed by atoms with Gasteiger partial charge in [0.2, 0.25) is 0 Å². The van der Waals surface area contributed by atoms with Crippen molar-refractivity contribution in [2.75, 3.05) is 0 Å². The fourth-order valence-electron chi connectivity index (χ4n) is 2.68. The van der Waals surface area contributed by atoms with Crippen LogP contribution in [0, 0.1) is 5.82 Å². The monoisotopic (exact) mass is 273 g/mol. The number of carbonyl (C=O) groups is 1. The number of carbonyl (C=O) groups excluding carboxylic acids is 1. The molecule has 1 aliphatic carbocycles. The molecule has 1 fully saturated rings. The lowest BCUT2D eigenvalue weighted by molar-refractivity contribution is 0.0982. The van der Waals surface area contributed by atoms with Crippen molar-refractivity contribution in [2.45, 2.75) is 38.1 Å². The Morgan fingerprint density at radius 1 is 1.35 bits per heavy atom. The number of halogens is 1. The van der Waals surface area contributed by atoms with Gasteiger partial charge in [-0.3, -0.25) is 14.5 Å². The van der Waals surface area contributed by atoms with Crippen molar-refractivity contribution in [3.8, 4) is 0 Å². The Bertz CT molecular complexity index is 617. The third-order valence-corrected chi connectivity index (χ3v) is 3.73. The van der Waals surface area contributed by atoms with Crippen LogP contribution in [0.15, 0.2) is 30.6 Å². The summed E-state index contributed by atoms with van der Waals surface area (Å²) in [4.78, 5) is 15.8. The highest BCUT2D eigenvalue weighted by atomic mass is 19.1. The summed E-state index contributed by atoms with van der Waals surface area (Å²) < 4.78 is 15.4. The molecule has 20 heavy (non-hydrogen) atoms. The number of hydrogen-bond donors (Lipinski definition) is 0. The van der Waals surface area contributed by atoms with Gasteiger partial charge in [0.05, 0.1) is 18.2 Å². The second-order valence-corrected chi connectivity index (χ2v) is 5.16. The van der Waals surface area contributed by atoms with Crippen LogP contribution >= 0.6 is 0 Å². The maximum atomic E-state index is 13.5. The van der Waals surface area contributed by atoms with Crippen LogP contribution in [0.5, 0.6) is 0 Å². The van der Waals surface area contributed by atoms with Gasteiger partial charge < -0.3 is 0 Å². The zero-order valence-corrected chi connectivity index (χ0v) is 11.1. The van der Waals surface area contributed by atoms with E-state index in [1.54, 1.807) is 0 Å². The summed E-state index contributed by atoms with van der Waals surface area (Å²) in [6.07, 6.45) is 8.18. The van der Waals surface area contributed by atoms with Crippen molar-refractivity contribution in [3.05, 3.63) is 47.8 Å². The number of ketones is 1. The van der Waals surface area contributed by atoms with Crippen molar-refractivity contribution >= 4 is 5.78 Å². The summed E-state index contributed by atoms with van der Waals surface area (Å²) in [6.45, 7) is 0. The van der Waals surface area contributed by atoms with E-state index in [-0.39, 0.29) is 17.9 Å². The van der Waals surface area contributed by atoms with Crippen molar-refractivity contribution < 1.29 is 9.18 Å². The summed E-state index contributed by atoms with van der Waals surface area (Å²) in [7, 11) is 0. The van der Waals surface area contributed by atoms with Crippen LogP contribution in [-0.2, 0) is 6.42 Å². The molecule has 5 heteroatoms. The molecular weight excluding hydrogens is 257 g/mol. The largest absolute Gasteiger partial charge is 0.292 e. The third-order valence-electron chi connectivity index (χ3n) is 3.73. The second-order valence-electron chi connectivity index (χ2n) is 5.16. The van der Waals surface area contributed by atoms with Crippen LogP contribution in [0.4, 0.5) is 4.39 Å². The van der Waals surface area contributed by atoms with E-state index < -0.39 is 5.82 Å². The van der Waals surface area contributed by atoms with Gasteiger partial charge in [-0.25, -0.2) is 4.39 Å². The van der Waals surface area contributed by atoms with E-state index in [0.717, 1.165) is 12.8 Å². The van der Waals surface area contributed by atoms with Gasteiger partial charge in [0.1, 0.15) is 5.69 Å². The Kier molecular flexibility index (Phi) is 3.58. The number of nitrogens with zero attached hydrogens (tertiary/aromatic N) is 3. The van der Waals surface area contributed by atoms with Crippen molar-refractivity contribution in [2.24, 2.45) is 0 Å². The number of Topliss-reactive ketones (excluding diaryl/α,β-unsaturated/α-hetero) is 1. The highest BCUT2D eigenvalue weighted by Crippen LogP contribution is 2.28. The quantitative estimate of drug-likeness (QED) is 0.805. The predicted molar refractivity (Wildman–Crippen MR) is 72.0 cm³/mol. The summed E-state index contributed by atoms with van der Waals surface area (Å²) in [5.41, 5.74) is 0.565. The minimum atomic E-state index is -0.576. The molecule has 2 heterocycles. The lowest BCUT2D eigenvalue weighted by atomic mass is 10.1. The second kappa shape index (κ2) is 5.53. The highest BCUT2D eigenvalue weighted by Gasteiger charge is 2.19. The van der Waals surface area contributed by atoms with Crippen LogP contribution in [0.3, 0.4) is 0 Å². The summed E-state index contributed by atoms with van der Waals surface area (Å²) >= 11 is 0. The molecule has 4 nitrogen and oxygen atoms in total. The Hall–Kier alpha value is -2.04. The first-order valence-corrected chi connectivity index (χ1v) is 6.92. The van der Waals surface area contributed by atoms with E-state index in [1.807, 2.05) is 16.9 Å². The maximum Gasteiger partial charge on any atom is 0.190 e. The summed E-state index contributed by atoms with van der Waals surface area (Å²) in [5.74, 6) is -0.910. The zero-order chi connectivity index (χ0) is 13.9. The molecule has 0 N–H and O–H groups in total. The standard InChI is InChI=1S/C15H16FN3O/c16-13-6-3-8-17-15(13)14(20)10-11-7-9-19(18-11)12-4-1-2-5-12/h3,6-9,12H,1-2,4-5,10H2. The van der Waals surface area contributed by atoms with Gasteiger partial charge >= 0.3 is 0 Å². The Morgan fingerprint density at radius 3 is 2.90 bits per heavy atom. The van der Waals surface area contributed by atoms with Crippen LogP contribution in [0.25, 0.3) is 0 Å². The van der Waals surface area contributed by atoms with Crippen LogP contribution in [-0.4, -0.2) is 20.5 Å². The molecule has 0 aromatic carbocycles. The molecule has 0 spiro atoms. The number of aromatic nitrogens is 3. The molecule has 2 aromatic rings. The van der Waals surface area contributed by atoms with Crippen LogP contribution < -0.4 is 0 Å². The first-order valence-electron chi connectivity index (χ1n) is 6.92. The molecule has 0 bridgehead atoms. The lowest BCUT2D eigenvalue weighted by Gasteiger charge is -2.08. The molecule has 1 saturated carbocycles. The first-order chi connectivity index (χ1) is 9.74. The topological polar surface area (TPSA) is 47.8 Å². The first kappa shape index (κ1) is 13.0. The normalized spacial score (nSPS) is 15.7. The van der Waals surface area contributed by atoms with Gasteiger partial charge in [0, 0.05) is 12.4 Å². The maximum absolute atomic E-state index is 13.5. The van der Waals surface area contributed by atoms with Crippen molar-refractivity contribution in [1.82, 2.24) is 14.8 Å². The molecule has 0 atom stereocenters. The number of pyridine rings is 1. The molecule has 0 unspecified atom stereocenters. The molecular formula is C15H16FN3O. The lowest BCUT2D eigenvalue weighted by Crippen LogP contribution is -2.10. The number of hydrogen-bond acceptors (Lipinski definition) is 3. The number of rotatable bonds is 4.